The van der Waals surface area contributed by atoms with Crippen molar-refractivity contribution in [3.05, 3.63) is 36.5 Å². The van der Waals surface area contributed by atoms with Crippen LogP contribution in [0.25, 0.3) is 0 Å². The fraction of sp³-hybridized carbons (Fsp3) is 0.883. The molecule has 0 aromatic carbocycles. The highest BCUT2D eigenvalue weighted by Crippen LogP contribution is 2.19. The lowest BCUT2D eigenvalue weighted by Gasteiger charge is -2.18. The second kappa shape index (κ2) is 72.1. The zero-order valence-corrected chi connectivity index (χ0v) is 56.2. The van der Waals surface area contributed by atoms with Crippen molar-refractivity contribution < 1.29 is 28.6 Å². The van der Waals surface area contributed by atoms with Gasteiger partial charge in [0.25, 0.3) is 0 Å². The average molecular weight is 1170 g/mol. The highest BCUT2D eigenvalue weighted by molar-refractivity contribution is 5.71. The zero-order chi connectivity index (χ0) is 59.9. The second-order valence-electron chi connectivity index (χ2n) is 25.6. The average Bonchev–Trinajstić information content (AvgIpc) is 3.49. The molecule has 0 spiro atoms. The van der Waals surface area contributed by atoms with Crippen molar-refractivity contribution >= 4 is 17.9 Å². The summed E-state index contributed by atoms with van der Waals surface area (Å²) in [5.74, 6) is -0.843. The summed E-state index contributed by atoms with van der Waals surface area (Å²) in [6.07, 6.45) is 90.4. The minimum absolute atomic E-state index is 0.0691. The number of hydrogen-bond donors (Lipinski definition) is 0. The summed E-state index contributed by atoms with van der Waals surface area (Å²) in [7, 11) is 0. The number of carbonyl (C=O) groups excluding carboxylic acids is 3. The summed E-state index contributed by atoms with van der Waals surface area (Å²) in [5, 5.41) is 0. The van der Waals surface area contributed by atoms with Crippen LogP contribution in [0.1, 0.15) is 419 Å². The topological polar surface area (TPSA) is 78.9 Å². The van der Waals surface area contributed by atoms with E-state index < -0.39 is 6.10 Å². The number of unbranched alkanes of at least 4 members (excludes halogenated alkanes) is 53. The summed E-state index contributed by atoms with van der Waals surface area (Å²) < 4.78 is 17.0. The molecule has 83 heavy (non-hydrogen) atoms. The van der Waals surface area contributed by atoms with Gasteiger partial charge in [-0.15, -0.1) is 0 Å². The molecule has 0 aliphatic carbocycles. The third-order valence-electron chi connectivity index (χ3n) is 17.1. The summed E-state index contributed by atoms with van der Waals surface area (Å²) in [4.78, 5) is 38.5. The van der Waals surface area contributed by atoms with Crippen LogP contribution < -0.4 is 0 Å². The maximum atomic E-state index is 13.0. The van der Waals surface area contributed by atoms with E-state index in [4.69, 9.17) is 14.2 Å². The lowest BCUT2D eigenvalue weighted by Crippen LogP contribution is -2.30. The molecule has 0 aromatic rings. The standard InChI is InChI=1S/C77H144O6/c1-4-7-10-13-16-19-22-25-28-30-32-34-36-37-38-39-41-42-44-46-49-52-55-58-61-64-67-70-76(79)82-73-74(72-81-75(78)69-66-63-60-57-54-51-48-27-24-21-18-15-12-9-6-3)83-77(80)71-68-65-62-59-56-53-50-47-45-43-40-35-33-31-29-26-23-20-17-14-11-8-5-2/h23,26,31,33,40,43,74H,4-22,24-25,27-30,32,34-39,41-42,44-73H2,1-3H3/b26-23-,33-31-,43-40-. The molecule has 0 saturated heterocycles. The van der Waals surface area contributed by atoms with E-state index in [1.54, 1.807) is 0 Å². The molecule has 0 aromatic heterocycles. The highest BCUT2D eigenvalue weighted by Gasteiger charge is 2.20. The van der Waals surface area contributed by atoms with Crippen LogP contribution in [0, 0.1) is 0 Å². The Labute approximate surface area is 518 Å². The lowest BCUT2D eigenvalue weighted by atomic mass is 10.0. The monoisotopic (exact) mass is 1170 g/mol. The van der Waals surface area contributed by atoms with E-state index in [2.05, 4.69) is 57.2 Å². The van der Waals surface area contributed by atoms with Crippen molar-refractivity contribution in [2.24, 2.45) is 0 Å². The van der Waals surface area contributed by atoms with Crippen LogP contribution in [0.5, 0.6) is 0 Å². The molecule has 6 heteroatoms. The molecule has 1 unspecified atom stereocenters. The highest BCUT2D eigenvalue weighted by atomic mass is 16.6. The molecule has 0 N–H and O–H groups in total. The first-order valence-corrected chi connectivity index (χ1v) is 37.5. The van der Waals surface area contributed by atoms with Crippen LogP contribution in [0.2, 0.25) is 0 Å². The molecule has 0 saturated carbocycles. The van der Waals surface area contributed by atoms with Gasteiger partial charge in [-0.1, -0.05) is 378 Å². The van der Waals surface area contributed by atoms with Crippen LogP contribution in [0.15, 0.2) is 36.5 Å². The number of rotatable bonds is 70. The maximum absolute atomic E-state index is 13.0. The minimum Gasteiger partial charge on any atom is -0.462 e. The first-order chi connectivity index (χ1) is 41.0. The van der Waals surface area contributed by atoms with Gasteiger partial charge in [-0.05, 0) is 57.8 Å². The molecule has 0 heterocycles. The number of carbonyl (C=O) groups is 3. The Morgan fingerprint density at radius 2 is 0.434 bits per heavy atom. The summed E-state index contributed by atoms with van der Waals surface area (Å²) >= 11 is 0. The van der Waals surface area contributed by atoms with Gasteiger partial charge in [-0.25, -0.2) is 0 Å². The third kappa shape index (κ3) is 70.3. The second-order valence-corrected chi connectivity index (χ2v) is 25.6. The van der Waals surface area contributed by atoms with E-state index >= 15 is 0 Å². The normalized spacial score (nSPS) is 12.2. The van der Waals surface area contributed by atoms with E-state index in [0.29, 0.717) is 19.3 Å². The van der Waals surface area contributed by atoms with Crippen molar-refractivity contribution in [1.29, 1.82) is 0 Å². The molecule has 488 valence electrons. The molecular formula is C77H144O6. The van der Waals surface area contributed by atoms with Crippen LogP contribution in [0.4, 0.5) is 0 Å². The largest absolute Gasteiger partial charge is 0.462 e. The van der Waals surface area contributed by atoms with Crippen molar-refractivity contribution in [1.82, 2.24) is 0 Å². The van der Waals surface area contributed by atoms with Crippen LogP contribution in [-0.4, -0.2) is 37.2 Å². The van der Waals surface area contributed by atoms with Gasteiger partial charge in [0.2, 0.25) is 0 Å². The predicted molar refractivity (Wildman–Crippen MR) is 362 cm³/mol. The first kappa shape index (κ1) is 80.6. The van der Waals surface area contributed by atoms with Gasteiger partial charge in [-0.3, -0.25) is 14.4 Å². The molecule has 0 aliphatic rings. The van der Waals surface area contributed by atoms with Gasteiger partial charge in [0.15, 0.2) is 6.10 Å². The molecule has 0 amide bonds. The zero-order valence-electron chi connectivity index (χ0n) is 56.2. The maximum Gasteiger partial charge on any atom is 0.306 e. The summed E-state index contributed by atoms with van der Waals surface area (Å²) in [5.41, 5.74) is 0. The summed E-state index contributed by atoms with van der Waals surface area (Å²) in [6.45, 7) is 6.71. The molecule has 0 rings (SSSR count). The van der Waals surface area contributed by atoms with Crippen molar-refractivity contribution in [2.75, 3.05) is 13.2 Å². The quantitative estimate of drug-likeness (QED) is 0.0261. The van der Waals surface area contributed by atoms with Gasteiger partial charge in [0, 0.05) is 19.3 Å². The lowest BCUT2D eigenvalue weighted by molar-refractivity contribution is -0.167. The Morgan fingerprint density at radius 1 is 0.241 bits per heavy atom. The smallest absolute Gasteiger partial charge is 0.306 e. The Bertz CT molecular complexity index is 1380. The molecule has 1 atom stereocenters. The van der Waals surface area contributed by atoms with Gasteiger partial charge in [-0.2, -0.15) is 0 Å². The van der Waals surface area contributed by atoms with E-state index in [9.17, 15) is 14.4 Å². The van der Waals surface area contributed by atoms with Gasteiger partial charge < -0.3 is 14.2 Å². The van der Waals surface area contributed by atoms with Gasteiger partial charge in [0.05, 0.1) is 0 Å². The molecule has 0 bridgehead atoms. The number of esters is 3. The fourth-order valence-electron chi connectivity index (χ4n) is 11.5. The van der Waals surface area contributed by atoms with Crippen molar-refractivity contribution in [3.8, 4) is 0 Å². The first-order valence-electron chi connectivity index (χ1n) is 37.5. The molecule has 0 radical (unpaired) electrons. The summed E-state index contributed by atoms with van der Waals surface area (Å²) in [6, 6.07) is 0. The van der Waals surface area contributed by atoms with Gasteiger partial charge >= 0.3 is 17.9 Å². The minimum atomic E-state index is -0.775. The van der Waals surface area contributed by atoms with Crippen LogP contribution in [-0.2, 0) is 28.6 Å². The Morgan fingerprint density at radius 3 is 0.675 bits per heavy atom. The van der Waals surface area contributed by atoms with E-state index in [1.165, 1.54) is 302 Å². The van der Waals surface area contributed by atoms with Crippen LogP contribution in [0.3, 0.4) is 0 Å². The Balaban J connectivity index is 4.25. The van der Waals surface area contributed by atoms with E-state index in [1.807, 2.05) is 0 Å². The number of allylic oxidation sites excluding steroid dienone is 6. The number of ether oxygens (including phenoxy) is 3. The fourth-order valence-corrected chi connectivity index (χ4v) is 11.5. The van der Waals surface area contributed by atoms with E-state index in [-0.39, 0.29) is 31.1 Å². The van der Waals surface area contributed by atoms with E-state index in [0.717, 1.165) is 77.0 Å². The van der Waals surface area contributed by atoms with Gasteiger partial charge in [0.1, 0.15) is 13.2 Å². The Kier molecular flexibility index (Phi) is 70.0. The number of hydrogen-bond acceptors (Lipinski definition) is 6. The van der Waals surface area contributed by atoms with Crippen molar-refractivity contribution in [2.45, 2.75) is 425 Å². The van der Waals surface area contributed by atoms with Crippen LogP contribution >= 0.6 is 0 Å². The Hall–Kier alpha value is -2.37. The van der Waals surface area contributed by atoms with Crippen molar-refractivity contribution in [3.63, 3.8) is 0 Å². The molecule has 0 aliphatic heterocycles. The molecular weight excluding hydrogens is 1020 g/mol. The molecule has 6 nitrogen and oxygen atoms in total. The molecule has 0 fully saturated rings. The predicted octanol–water partition coefficient (Wildman–Crippen LogP) is 25.9. The third-order valence-corrected chi connectivity index (χ3v) is 17.1. The SMILES string of the molecule is CCCCCCC/C=C\C/C=C\C/C=C\CCCCCCCCCCC(=O)OC(COC(=O)CCCCCCCCCCCCCCCCC)COC(=O)CCCCCCCCCCCCCCCCCCCCCCCCCCCCC.